The molecule has 36 heavy (non-hydrogen) atoms. The van der Waals surface area contributed by atoms with E-state index < -0.39 is 0 Å². The van der Waals surface area contributed by atoms with Gasteiger partial charge in [-0.2, -0.15) is 5.10 Å². The second-order valence-electron chi connectivity index (χ2n) is 8.68. The SMILES string of the molecule is O=C(N/N=C\c1cc(I)c(OCc2cccc3ccccc23)c(I)c1)c1ccc(N2CCCC2)cc1. The van der Waals surface area contributed by atoms with Crippen LogP contribution in [0.1, 0.15) is 34.3 Å². The summed E-state index contributed by atoms with van der Waals surface area (Å²) >= 11 is 4.57. The molecule has 0 aromatic heterocycles. The molecule has 7 heteroatoms. The van der Waals surface area contributed by atoms with Crippen molar-refractivity contribution < 1.29 is 9.53 Å². The van der Waals surface area contributed by atoms with Crippen molar-refractivity contribution in [3.05, 3.63) is 103 Å². The third-order valence-electron chi connectivity index (χ3n) is 6.25. The highest BCUT2D eigenvalue weighted by Crippen LogP contribution is 2.30. The highest BCUT2D eigenvalue weighted by atomic mass is 127. The van der Waals surface area contributed by atoms with Crippen molar-refractivity contribution in [3.8, 4) is 5.75 Å². The Bertz CT molecular complexity index is 1390. The molecule has 1 heterocycles. The second kappa shape index (κ2) is 11.6. The van der Waals surface area contributed by atoms with Gasteiger partial charge in [0.15, 0.2) is 0 Å². The van der Waals surface area contributed by atoms with Crippen molar-refractivity contribution in [1.82, 2.24) is 5.43 Å². The van der Waals surface area contributed by atoms with Crippen LogP contribution in [0.2, 0.25) is 0 Å². The molecule has 1 saturated heterocycles. The molecule has 0 saturated carbocycles. The van der Waals surface area contributed by atoms with Crippen LogP contribution in [0.4, 0.5) is 5.69 Å². The highest BCUT2D eigenvalue weighted by molar-refractivity contribution is 14.1. The van der Waals surface area contributed by atoms with Crippen LogP contribution in [0.25, 0.3) is 10.8 Å². The number of carbonyl (C=O) groups excluding carboxylic acids is 1. The number of ether oxygens (including phenoxy) is 1. The van der Waals surface area contributed by atoms with Gasteiger partial charge in [-0.3, -0.25) is 4.79 Å². The number of fused-ring (bicyclic) bond motifs is 1. The standard InChI is InChI=1S/C29H25I2N3O2/c30-26-16-20(18-32-33-29(35)22-10-12-24(13-11-22)34-14-3-4-15-34)17-27(31)28(26)36-19-23-8-5-7-21-6-1-2-9-25(21)23/h1-2,5-13,16-18H,3-4,14-15,19H2,(H,33,35)/b32-18-. The molecule has 0 radical (unpaired) electrons. The first kappa shape index (κ1) is 25.0. The minimum atomic E-state index is -0.223. The van der Waals surface area contributed by atoms with Gasteiger partial charge in [-0.1, -0.05) is 42.5 Å². The van der Waals surface area contributed by atoms with E-state index in [-0.39, 0.29) is 5.91 Å². The van der Waals surface area contributed by atoms with Gasteiger partial charge in [-0.15, -0.1) is 0 Å². The molecule has 1 fully saturated rings. The summed E-state index contributed by atoms with van der Waals surface area (Å²) in [6.45, 7) is 2.66. The molecule has 0 spiro atoms. The molecule has 4 aromatic carbocycles. The summed E-state index contributed by atoms with van der Waals surface area (Å²) < 4.78 is 8.21. The summed E-state index contributed by atoms with van der Waals surface area (Å²) in [5, 5.41) is 6.59. The average molecular weight is 701 g/mol. The maximum atomic E-state index is 12.5. The second-order valence-corrected chi connectivity index (χ2v) is 11.0. The van der Waals surface area contributed by atoms with Gasteiger partial charge < -0.3 is 9.64 Å². The molecule has 1 N–H and O–H groups in total. The maximum absolute atomic E-state index is 12.5. The molecule has 1 amide bonds. The summed E-state index contributed by atoms with van der Waals surface area (Å²) in [7, 11) is 0. The quantitative estimate of drug-likeness (QED) is 0.129. The number of halogens is 2. The zero-order chi connectivity index (χ0) is 24.9. The van der Waals surface area contributed by atoms with E-state index in [0.29, 0.717) is 12.2 Å². The monoisotopic (exact) mass is 701 g/mol. The van der Waals surface area contributed by atoms with Gasteiger partial charge in [-0.05, 0) is 116 Å². The zero-order valence-corrected chi connectivity index (χ0v) is 23.9. The largest absolute Gasteiger partial charge is 0.487 e. The van der Waals surface area contributed by atoms with Gasteiger partial charge in [0.2, 0.25) is 0 Å². The predicted molar refractivity (Wildman–Crippen MR) is 163 cm³/mol. The first-order valence-corrected chi connectivity index (χ1v) is 14.0. The predicted octanol–water partition coefficient (Wildman–Crippen LogP) is 6.99. The lowest BCUT2D eigenvalue weighted by Crippen LogP contribution is -2.19. The van der Waals surface area contributed by atoms with E-state index in [4.69, 9.17) is 4.74 Å². The number of carbonyl (C=O) groups is 1. The van der Waals surface area contributed by atoms with E-state index in [2.05, 4.69) is 97.0 Å². The van der Waals surface area contributed by atoms with Gasteiger partial charge in [0.25, 0.3) is 5.91 Å². The van der Waals surface area contributed by atoms with Crippen LogP contribution < -0.4 is 15.1 Å². The number of hydrogen-bond donors (Lipinski definition) is 1. The summed E-state index contributed by atoms with van der Waals surface area (Å²) in [6, 6.07) is 26.3. The Hall–Kier alpha value is -2.66. The average Bonchev–Trinajstić information content (AvgIpc) is 3.43. The summed E-state index contributed by atoms with van der Waals surface area (Å²) in [5.41, 5.74) is 6.44. The Morgan fingerprint density at radius 1 is 0.944 bits per heavy atom. The van der Waals surface area contributed by atoms with E-state index >= 15 is 0 Å². The topological polar surface area (TPSA) is 53.9 Å². The van der Waals surface area contributed by atoms with E-state index in [0.717, 1.165) is 37.1 Å². The van der Waals surface area contributed by atoms with Gasteiger partial charge >= 0.3 is 0 Å². The van der Waals surface area contributed by atoms with Crippen molar-refractivity contribution >= 4 is 73.8 Å². The molecule has 182 valence electrons. The minimum Gasteiger partial charge on any atom is -0.487 e. The molecule has 5 rings (SSSR count). The van der Waals surface area contributed by atoms with Crippen LogP contribution in [0.3, 0.4) is 0 Å². The molecule has 0 aliphatic carbocycles. The first-order valence-electron chi connectivity index (χ1n) is 11.9. The number of anilines is 1. The number of hydrogen-bond acceptors (Lipinski definition) is 4. The zero-order valence-electron chi connectivity index (χ0n) is 19.6. The molecule has 1 aliphatic heterocycles. The minimum absolute atomic E-state index is 0.223. The van der Waals surface area contributed by atoms with Crippen molar-refractivity contribution in [2.45, 2.75) is 19.4 Å². The fourth-order valence-electron chi connectivity index (χ4n) is 4.39. The fraction of sp³-hybridized carbons (Fsp3) is 0.172. The van der Waals surface area contributed by atoms with Crippen molar-refractivity contribution in [2.75, 3.05) is 18.0 Å². The number of hydrazone groups is 1. The van der Waals surface area contributed by atoms with E-state index in [9.17, 15) is 4.79 Å². The molecular formula is C29H25I2N3O2. The van der Waals surface area contributed by atoms with Crippen LogP contribution in [0, 0.1) is 7.14 Å². The molecule has 5 nitrogen and oxygen atoms in total. The number of nitrogens with one attached hydrogen (secondary N) is 1. The van der Waals surface area contributed by atoms with E-state index in [1.807, 2.05) is 42.5 Å². The fourth-order valence-corrected chi connectivity index (χ4v) is 6.52. The summed E-state index contributed by atoms with van der Waals surface area (Å²) in [6.07, 6.45) is 4.12. The van der Waals surface area contributed by atoms with Crippen molar-refractivity contribution in [1.29, 1.82) is 0 Å². The Kier molecular flexibility index (Phi) is 8.05. The smallest absolute Gasteiger partial charge is 0.271 e. The Labute approximate surface area is 238 Å². The summed E-state index contributed by atoms with van der Waals surface area (Å²) in [5.74, 6) is 0.627. The van der Waals surface area contributed by atoms with Crippen LogP contribution in [0.5, 0.6) is 5.75 Å². The lowest BCUT2D eigenvalue weighted by Gasteiger charge is -2.17. The molecule has 1 aliphatic rings. The molecule has 0 atom stereocenters. The normalized spacial score (nSPS) is 13.4. The van der Waals surface area contributed by atoms with Crippen LogP contribution in [0.15, 0.2) is 84.0 Å². The summed E-state index contributed by atoms with van der Waals surface area (Å²) in [4.78, 5) is 14.9. The molecule has 0 bridgehead atoms. The van der Waals surface area contributed by atoms with Gasteiger partial charge in [0.1, 0.15) is 12.4 Å². The third kappa shape index (κ3) is 5.83. The van der Waals surface area contributed by atoms with E-state index in [1.54, 1.807) is 6.21 Å². The van der Waals surface area contributed by atoms with Crippen molar-refractivity contribution in [3.63, 3.8) is 0 Å². The van der Waals surface area contributed by atoms with Gasteiger partial charge in [-0.25, -0.2) is 5.43 Å². The Morgan fingerprint density at radius 2 is 1.64 bits per heavy atom. The van der Waals surface area contributed by atoms with Crippen LogP contribution in [-0.4, -0.2) is 25.2 Å². The number of benzene rings is 4. The molecule has 4 aromatic rings. The van der Waals surface area contributed by atoms with Crippen LogP contribution in [-0.2, 0) is 6.61 Å². The third-order valence-corrected chi connectivity index (χ3v) is 7.86. The molecular weight excluding hydrogens is 676 g/mol. The van der Waals surface area contributed by atoms with E-state index in [1.165, 1.54) is 29.3 Å². The number of amides is 1. The Balaban J connectivity index is 1.21. The van der Waals surface area contributed by atoms with Gasteiger partial charge in [0.05, 0.1) is 13.4 Å². The number of nitrogens with zero attached hydrogens (tertiary/aromatic N) is 2. The first-order chi connectivity index (χ1) is 17.6. The Morgan fingerprint density at radius 3 is 2.39 bits per heavy atom. The lowest BCUT2D eigenvalue weighted by molar-refractivity contribution is 0.0955. The maximum Gasteiger partial charge on any atom is 0.271 e. The molecule has 0 unspecified atom stereocenters. The van der Waals surface area contributed by atoms with Crippen LogP contribution >= 0.6 is 45.2 Å². The lowest BCUT2D eigenvalue weighted by atomic mass is 10.1. The highest BCUT2D eigenvalue weighted by Gasteiger charge is 2.13. The van der Waals surface area contributed by atoms with Gasteiger partial charge in [0, 0.05) is 24.3 Å². The van der Waals surface area contributed by atoms with Crippen molar-refractivity contribution in [2.24, 2.45) is 5.10 Å². The number of rotatable bonds is 7.